The van der Waals surface area contributed by atoms with Crippen molar-refractivity contribution in [3.8, 4) is 28.0 Å². The van der Waals surface area contributed by atoms with Gasteiger partial charge in [0.05, 0.1) is 29.2 Å². The number of carbonyl (C=O) groups is 3. The van der Waals surface area contributed by atoms with Gasteiger partial charge in [-0.3, -0.25) is 29.3 Å². The van der Waals surface area contributed by atoms with Crippen LogP contribution in [0.4, 0.5) is 38.9 Å². The Kier molecular flexibility index (Phi) is 13.4. The van der Waals surface area contributed by atoms with Crippen LogP contribution in [0.1, 0.15) is 41.6 Å². The number of methoxy groups -OCH3 is 1. The summed E-state index contributed by atoms with van der Waals surface area (Å²) in [6, 6.07) is 21.4. The zero-order valence-corrected chi connectivity index (χ0v) is 42.6. The van der Waals surface area contributed by atoms with E-state index in [2.05, 4.69) is 74.9 Å². The number of hydrogen-bond donors (Lipinski definition) is 3. The number of aryl methyl sites for hydroxylation is 1. The molecule has 71 heavy (non-hydrogen) atoms. The molecule has 0 aliphatic carbocycles. The number of hydrogen-bond acceptors (Lipinski definition) is 13. The maximum absolute atomic E-state index is 14.8. The summed E-state index contributed by atoms with van der Waals surface area (Å²) < 4.78 is 36.8. The van der Waals surface area contributed by atoms with Gasteiger partial charge in [-0.2, -0.15) is 10.1 Å². The third-order valence-electron chi connectivity index (χ3n) is 14.1. The van der Waals surface area contributed by atoms with Gasteiger partial charge in [0, 0.05) is 123 Å². The number of imide groups is 1. The van der Waals surface area contributed by atoms with Crippen molar-refractivity contribution in [2.45, 2.75) is 38.3 Å². The number of anilines is 6. The molecule has 3 saturated heterocycles. The second-order valence-electron chi connectivity index (χ2n) is 19.1. The number of fused-ring (bicyclic) bond motifs is 1. The summed E-state index contributed by atoms with van der Waals surface area (Å²) in [5, 5.41) is 14.2. The van der Waals surface area contributed by atoms with Crippen LogP contribution in [-0.4, -0.2) is 120 Å². The molecule has 6 aromatic rings. The van der Waals surface area contributed by atoms with Gasteiger partial charge in [-0.15, -0.1) is 0 Å². The number of amides is 3. The lowest BCUT2D eigenvalue weighted by molar-refractivity contribution is -0.136. The van der Waals surface area contributed by atoms with E-state index in [0.717, 1.165) is 86.7 Å². The van der Waals surface area contributed by atoms with E-state index in [1.165, 1.54) is 6.07 Å². The Hall–Kier alpha value is -6.62. The number of benzene rings is 4. The van der Waals surface area contributed by atoms with Crippen molar-refractivity contribution >= 4 is 80.6 Å². The van der Waals surface area contributed by atoms with Gasteiger partial charge < -0.3 is 34.6 Å². The molecule has 4 aliphatic heterocycles. The van der Waals surface area contributed by atoms with E-state index in [9.17, 15) is 23.3 Å². The summed E-state index contributed by atoms with van der Waals surface area (Å²) >= 11 is 3.60. The van der Waals surface area contributed by atoms with Gasteiger partial charge in [-0.1, -0.05) is 24.3 Å². The normalized spacial score (nSPS) is 17.9. The molecule has 1 atom stereocenters. The quantitative estimate of drug-likeness (QED) is 0.0753. The molecule has 2 aromatic heterocycles. The van der Waals surface area contributed by atoms with Crippen LogP contribution in [0.15, 0.2) is 95.9 Å². The van der Waals surface area contributed by atoms with Gasteiger partial charge in [0.1, 0.15) is 30.6 Å². The number of piperidine rings is 2. The van der Waals surface area contributed by atoms with Gasteiger partial charge in [0.15, 0.2) is 0 Å². The molecule has 0 bridgehead atoms. The molecule has 10 rings (SSSR count). The third kappa shape index (κ3) is 10.2. The fourth-order valence-corrected chi connectivity index (χ4v) is 11.7. The Morgan fingerprint density at radius 1 is 0.845 bits per heavy atom. The molecular formula is C52H56BrFN11O5P. The summed E-state index contributed by atoms with van der Waals surface area (Å²) in [4.78, 5) is 56.0. The Labute approximate surface area is 420 Å². The molecule has 0 spiro atoms. The number of aromatic nitrogens is 4. The average molecular weight is 1040 g/mol. The number of nitrogens with zero attached hydrogens (tertiary/aromatic N) is 8. The van der Waals surface area contributed by atoms with E-state index < -0.39 is 19.1 Å². The van der Waals surface area contributed by atoms with Crippen LogP contribution in [0.25, 0.3) is 22.3 Å². The van der Waals surface area contributed by atoms with E-state index >= 15 is 0 Å². The zero-order chi connectivity index (χ0) is 49.6. The average Bonchev–Trinajstić information content (AvgIpc) is 3.94. The molecule has 16 nitrogen and oxygen atoms in total. The highest BCUT2D eigenvalue weighted by molar-refractivity contribution is 9.10. The molecule has 4 aliphatic rings. The molecule has 3 amide bonds. The lowest BCUT2D eigenvalue weighted by Gasteiger charge is -2.40. The molecule has 0 unspecified atom stereocenters. The molecule has 0 saturated carbocycles. The van der Waals surface area contributed by atoms with Crippen molar-refractivity contribution < 1.29 is 28.1 Å². The highest BCUT2D eigenvalue weighted by atomic mass is 79.9. The van der Waals surface area contributed by atoms with Gasteiger partial charge in [-0.05, 0) is 108 Å². The summed E-state index contributed by atoms with van der Waals surface area (Å²) in [5.41, 5.74) is 7.97. The SMILES string of the molecule is COc1cc(N2CCC(CN3CCN(c4ccc5c(c4)CN([C@@H]4CCC(=O)NC4=O)C5=O)CC3)CC2)c(-c2cnn(C)c2)cc1Nc1ncc(Br)c(Nc2ccc(-c3ccccc3F)cc2P(C)(C)=O)n1. The number of rotatable bonds is 13. The first-order valence-corrected chi connectivity index (χ1v) is 27.3. The lowest BCUT2D eigenvalue weighted by atomic mass is 9.94. The topological polar surface area (TPSA) is 170 Å². The minimum Gasteiger partial charge on any atom is -0.494 e. The zero-order valence-electron chi connectivity index (χ0n) is 40.1. The number of piperazine rings is 1. The Morgan fingerprint density at radius 2 is 1.63 bits per heavy atom. The monoisotopic (exact) mass is 1040 g/mol. The van der Waals surface area contributed by atoms with Crippen molar-refractivity contribution in [1.29, 1.82) is 0 Å². The van der Waals surface area contributed by atoms with E-state index in [-0.39, 0.29) is 24.1 Å². The number of halogens is 2. The van der Waals surface area contributed by atoms with E-state index in [1.54, 1.807) is 72.6 Å². The van der Waals surface area contributed by atoms with Gasteiger partial charge >= 0.3 is 0 Å². The highest BCUT2D eigenvalue weighted by Crippen LogP contribution is 2.43. The highest BCUT2D eigenvalue weighted by Gasteiger charge is 2.39. The molecule has 368 valence electrons. The minimum absolute atomic E-state index is 0.152. The van der Waals surface area contributed by atoms with E-state index in [1.807, 2.05) is 31.6 Å². The molecule has 4 aromatic carbocycles. The van der Waals surface area contributed by atoms with Gasteiger partial charge in [0.2, 0.25) is 17.8 Å². The van der Waals surface area contributed by atoms with Gasteiger partial charge in [-0.25, -0.2) is 9.37 Å². The van der Waals surface area contributed by atoms with Crippen molar-refractivity contribution in [3.63, 3.8) is 0 Å². The second kappa shape index (κ2) is 19.9. The molecule has 3 fully saturated rings. The molecule has 6 heterocycles. The molecule has 0 radical (unpaired) electrons. The maximum atomic E-state index is 14.8. The van der Waals surface area contributed by atoms with Gasteiger partial charge in [0.25, 0.3) is 5.91 Å². The first-order chi connectivity index (χ1) is 34.2. The predicted octanol–water partition coefficient (Wildman–Crippen LogP) is 7.99. The van der Waals surface area contributed by atoms with E-state index in [4.69, 9.17) is 9.72 Å². The van der Waals surface area contributed by atoms with Crippen LogP contribution in [0.3, 0.4) is 0 Å². The Morgan fingerprint density at radius 3 is 2.35 bits per heavy atom. The fraction of sp³-hybridized carbons (Fsp3) is 0.346. The molecular weight excluding hydrogens is 989 g/mol. The number of ether oxygens (including phenoxy) is 1. The number of carbonyl (C=O) groups excluding carboxylic acids is 3. The second-order valence-corrected chi connectivity index (χ2v) is 23.2. The maximum Gasteiger partial charge on any atom is 0.255 e. The summed E-state index contributed by atoms with van der Waals surface area (Å²) in [7, 11) is 0.714. The van der Waals surface area contributed by atoms with E-state index in [0.29, 0.717) is 74.2 Å². The minimum atomic E-state index is -2.84. The van der Waals surface area contributed by atoms with Crippen molar-refractivity contribution in [2.75, 3.05) is 86.7 Å². The summed E-state index contributed by atoms with van der Waals surface area (Å²) in [6.07, 6.45) is 8.19. The van der Waals surface area contributed by atoms with Crippen LogP contribution < -0.4 is 35.8 Å². The Balaban J connectivity index is 0.796. The molecule has 19 heteroatoms. The van der Waals surface area contributed by atoms with Crippen LogP contribution in [-0.2, 0) is 27.7 Å². The standard InChI is InChI=1S/C52H56BrFN11O5P/c1-61-30-35(27-56-61)39-25-43(58-52-55-28-40(53)49(60-52)57-42-12-9-33(24-47(42)71(3,4)69)37-7-5-6-8-41(37)54)46(70-2)26-45(39)64-17-15-32(16-18-64)29-62-19-21-63(22-20-62)36-10-11-38-34(23-36)31-65(51(38)68)44-13-14-48(66)59-50(44)67/h5-12,23-28,30,32,44H,13-22,29,31H2,1-4H3,(H,59,66,67)(H2,55,57,58,60)/t44-/m1/s1. The Bertz CT molecular complexity index is 3090. The lowest BCUT2D eigenvalue weighted by Crippen LogP contribution is -2.52. The van der Waals surface area contributed by atoms with Crippen molar-refractivity contribution in [3.05, 3.63) is 113 Å². The van der Waals surface area contributed by atoms with Crippen molar-refractivity contribution in [2.24, 2.45) is 13.0 Å². The van der Waals surface area contributed by atoms with Crippen LogP contribution in [0.2, 0.25) is 0 Å². The summed E-state index contributed by atoms with van der Waals surface area (Å²) in [6.45, 7) is 10.2. The van der Waals surface area contributed by atoms with Crippen LogP contribution >= 0.6 is 23.1 Å². The van der Waals surface area contributed by atoms with Crippen LogP contribution in [0, 0.1) is 11.7 Å². The fourth-order valence-electron chi connectivity index (χ4n) is 10.3. The largest absolute Gasteiger partial charge is 0.494 e. The predicted molar refractivity (Wildman–Crippen MR) is 278 cm³/mol. The smallest absolute Gasteiger partial charge is 0.255 e. The third-order valence-corrected chi connectivity index (χ3v) is 16.2. The first-order valence-electron chi connectivity index (χ1n) is 23.9. The van der Waals surface area contributed by atoms with Crippen LogP contribution in [0.5, 0.6) is 5.75 Å². The number of nitrogens with one attached hydrogen (secondary N) is 3. The summed E-state index contributed by atoms with van der Waals surface area (Å²) in [5.74, 6) is 0.738. The van der Waals surface area contributed by atoms with Crippen molar-refractivity contribution in [1.82, 2.24) is 34.9 Å². The molecule has 3 N–H and O–H groups in total. The first kappa shape index (κ1) is 48.0.